The summed E-state index contributed by atoms with van der Waals surface area (Å²) in [6, 6.07) is 7.60. The zero-order valence-electron chi connectivity index (χ0n) is 11.3. The highest BCUT2D eigenvalue weighted by Crippen LogP contribution is 2.31. The molecule has 3 rings (SSSR count). The number of nitrogens with one attached hydrogen (secondary N) is 2. The van der Waals surface area contributed by atoms with Gasteiger partial charge in [0, 0.05) is 17.4 Å². The van der Waals surface area contributed by atoms with Gasteiger partial charge >= 0.3 is 5.97 Å². The van der Waals surface area contributed by atoms with Crippen LogP contribution in [0.2, 0.25) is 0 Å². The smallest absolute Gasteiger partial charge is 0.357 e. The van der Waals surface area contributed by atoms with Crippen molar-refractivity contribution in [2.24, 2.45) is 4.99 Å². The molecule has 1 aromatic carbocycles. The van der Waals surface area contributed by atoms with Crippen molar-refractivity contribution < 1.29 is 9.53 Å². The lowest BCUT2D eigenvalue weighted by Crippen LogP contribution is -2.09. The number of rotatable bonds is 3. The van der Waals surface area contributed by atoms with E-state index in [4.69, 9.17) is 4.74 Å². The van der Waals surface area contributed by atoms with Crippen molar-refractivity contribution in [1.29, 1.82) is 0 Å². The molecule has 106 valence electrons. The lowest BCUT2D eigenvalue weighted by atomic mass is 10.0. The van der Waals surface area contributed by atoms with Gasteiger partial charge in [-0.15, -0.1) is 0 Å². The number of fused-ring (bicyclic) bond motifs is 1. The van der Waals surface area contributed by atoms with E-state index in [0.29, 0.717) is 0 Å². The molecular weight excluding hydrogens is 270 g/mol. The quantitative estimate of drug-likeness (QED) is 0.846. The number of aliphatic imine (C=N–C) groups is 1. The third-order valence-corrected chi connectivity index (χ3v) is 3.15. The maximum absolute atomic E-state index is 11.9. The zero-order chi connectivity index (χ0) is 14.8. The van der Waals surface area contributed by atoms with Crippen LogP contribution in [-0.2, 0) is 4.74 Å². The molecule has 21 heavy (non-hydrogen) atoms. The van der Waals surface area contributed by atoms with Crippen molar-refractivity contribution in [3.63, 3.8) is 0 Å². The Kier molecular flexibility index (Phi) is 3.27. The number of aromatic amines is 2. The Balaban J connectivity index is 2.06. The van der Waals surface area contributed by atoms with Crippen LogP contribution in [0.4, 0.5) is 5.69 Å². The van der Waals surface area contributed by atoms with Gasteiger partial charge in [-0.1, -0.05) is 18.2 Å². The second-order valence-corrected chi connectivity index (χ2v) is 4.46. The molecule has 0 radical (unpaired) electrons. The van der Waals surface area contributed by atoms with Crippen LogP contribution in [0.25, 0.3) is 11.6 Å². The number of hydrogen-bond acceptors (Lipinski definition) is 4. The standard InChI is InChI=1S/C15H13N3O3/c1-2-21-15(20)13-11(14(19)18-17-13)7-9-8-16-12-6-4-3-5-10(9)12/h3-8H,2H2,1H3,(H2,17,18,19). The van der Waals surface area contributed by atoms with Crippen molar-refractivity contribution >= 4 is 29.5 Å². The van der Waals surface area contributed by atoms with Crippen molar-refractivity contribution in [3.8, 4) is 0 Å². The van der Waals surface area contributed by atoms with Gasteiger partial charge in [0.15, 0.2) is 5.69 Å². The summed E-state index contributed by atoms with van der Waals surface area (Å²) in [5, 5.41) is 4.96. The van der Waals surface area contributed by atoms with Crippen LogP contribution in [0.5, 0.6) is 0 Å². The minimum atomic E-state index is -0.564. The van der Waals surface area contributed by atoms with Crippen LogP contribution in [0.1, 0.15) is 28.5 Å². The van der Waals surface area contributed by atoms with E-state index >= 15 is 0 Å². The summed E-state index contributed by atoms with van der Waals surface area (Å²) in [7, 11) is 0. The predicted octanol–water partition coefficient (Wildman–Crippen LogP) is 2.14. The summed E-state index contributed by atoms with van der Waals surface area (Å²) in [6.45, 7) is 1.95. The van der Waals surface area contributed by atoms with E-state index in [1.807, 2.05) is 24.3 Å². The fourth-order valence-corrected chi connectivity index (χ4v) is 2.18. The first-order valence-electron chi connectivity index (χ1n) is 6.53. The van der Waals surface area contributed by atoms with Gasteiger partial charge in [-0.2, -0.15) is 0 Å². The molecule has 0 fully saturated rings. The van der Waals surface area contributed by atoms with Gasteiger partial charge in [0.05, 0.1) is 17.9 Å². The zero-order valence-corrected chi connectivity index (χ0v) is 11.3. The number of ether oxygens (including phenoxy) is 1. The molecule has 0 amide bonds. The SMILES string of the molecule is CCOC(=O)c1[nH][nH]c(=O)c1C=C1C=Nc2ccccc21. The molecule has 0 saturated carbocycles. The number of H-pyrrole nitrogens is 2. The van der Waals surface area contributed by atoms with E-state index < -0.39 is 5.97 Å². The molecule has 0 aliphatic carbocycles. The molecule has 1 aromatic heterocycles. The monoisotopic (exact) mass is 283 g/mol. The number of aromatic nitrogens is 2. The molecule has 0 atom stereocenters. The van der Waals surface area contributed by atoms with E-state index in [1.54, 1.807) is 19.2 Å². The Labute approximate surface area is 120 Å². The fraction of sp³-hybridized carbons (Fsp3) is 0.133. The Morgan fingerprint density at radius 2 is 2.14 bits per heavy atom. The second kappa shape index (κ2) is 5.24. The topological polar surface area (TPSA) is 87.3 Å². The highest BCUT2D eigenvalue weighted by molar-refractivity contribution is 6.21. The minimum Gasteiger partial charge on any atom is -0.461 e. The first-order valence-corrected chi connectivity index (χ1v) is 6.53. The van der Waals surface area contributed by atoms with Gasteiger partial charge in [0.1, 0.15) is 0 Å². The van der Waals surface area contributed by atoms with Crippen LogP contribution >= 0.6 is 0 Å². The first kappa shape index (κ1) is 13.1. The number of esters is 1. The number of carbonyl (C=O) groups excluding carboxylic acids is 1. The Bertz CT molecular complexity index is 812. The van der Waals surface area contributed by atoms with Gasteiger partial charge < -0.3 is 4.74 Å². The normalized spacial score (nSPS) is 14.4. The second-order valence-electron chi connectivity index (χ2n) is 4.46. The van der Waals surface area contributed by atoms with Crippen LogP contribution in [0.15, 0.2) is 34.1 Å². The molecule has 0 bridgehead atoms. The number of nitrogens with zero attached hydrogens (tertiary/aromatic N) is 1. The first-order chi connectivity index (χ1) is 10.2. The summed E-state index contributed by atoms with van der Waals surface area (Å²) in [6.07, 6.45) is 3.31. The molecule has 2 N–H and O–H groups in total. The molecule has 2 heterocycles. The third kappa shape index (κ3) is 2.31. The molecule has 1 aliphatic rings. The number of allylic oxidation sites excluding steroid dienone is 1. The maximum atomic E-state index is 11.9. The molecule has 6 nitrogen and oxygen atoms in total. The van der Waals surface area contributed by atoms with Crippen molar-refractivity contribution in [3.05, 3.63) is 51.4 Å². The van der Waals surface area contributed by atoms with Gasteiger partial charge in [-0.3, -0.25) is 20.0 Å². The van der Waals surface area contributed by atoms with Gasteiger partial charge in [0.25, 0.3) is 5.56 Å². The van der Waals surface area contributed by atoms with Crippen LogP contribution in [0.3, 0.4) is 0 Å². The number of para-hydroxylation sites is 1. The summed E-state index contributed by atoms with van der Waals surface area (Å²) in [5.41, 5.74) is 2.53. The minimum absolute atomic E-state index is 0.118. The average molecular weight is 283 g/mol. The van der Waals surface area contributed by atoms with E-state index in [0.717, 1.165) is 16.8 Å². The van der Waals surface area contributed by atoms with Gasteiger partial charge in [0.2, 0.25) is 0 Å². The van der Waals surface area contributed by atoms with Gasteiger partial charge in [-0.05, 0) is 19.1 Å². The molecule has 0 unspecified atom stereocenters. The third-order valence-electron chi connectivity index (χ3n) is 3.15. The number of benzene rings is 1. The van der Waals surface area contributed by atoms with Crippen LogP contribution < -0.4 is 5.56 Å². The molecule has 0 spiro atoms. The summed E-state index contributed by atoms with van der Waals surface area (Å²) < 4.78 is 4.92. The van der Waals surface area contributed by atoms with E-state index in [2.05, 4.69) is 15.2 Å². The number of carbonyl (C=O) groups is 1. The van der Waals surface area contributed by atoms with Crippen LogP contribution in [0, 0.1) is 0 Å². The van der Waals surface area contributed by atoms with Crippen LogP contribution in [-0.4, -0.2) is 29.0 Å². The van der Waals surface area contributed by atoms with Crippen molar-refractivity contribution in [2.75, 3.05) is 6.61 Å². The highest BCUT2D eigenvalue weighted by atomic mass is 16.5. The van der Waals surface area contributed by atoms with Crippen molar-refractivity contribution in [1.82, 2.24) is 10.2 Å². The van der Waals surface area contributed by atoms with E-state index in [-0.39, 0.29) is 23.4 Å². The summed E-state index contributed by atoms with van der Waals surface area (Å²) >= 11 is 0. The lowest BCUT2D eigenvalue weighted by molar-refractivity contribution is 0.0519. The fourth-order valence-electron chi connectivity index (χ4n) is 2.18. The predicted molar refractivity (Wildman–Crippen MR) is 79.8 cm³/mol. The Morgan fingerprint density at radius 1 is 1.33 bits per heavy atom. The van der Waals surface area contributed by atoms with E-state index in [1.165, 1.54) is 0 Å². The van der Waals surface area contributed by atoms with E-state index in [9.17, 15) is 9.59 Å². The maximum Gasteiger partial charge on any atom is 0.357 e. The Hall–Kier alpha value is -2.89. The summed E-state index contributed by atoms with van der Waals surface area (Å²) in [4.78, 5) is 28.0. The number of hydrogen-bond donors (Lipinski definition) is 2. The van der Waals surface area contributed by atoms with Gasteiger partial charge in [-0.25, -0.2) is 4.79 Å². The molecule has 1 aliphatic heterocycles. The average Bonchev–Trinajstić information content (AvgIpc) is 3.05. The largest absolute Gasteiger partial charge is 0.461 e. The highest BCUT2D eigenvalue weighted by Gasteiger charge is 2.19. The lowest BCUT2D eigenvalue weighted by Gasteiger charge is -2.01. The summed E-state index contributed by atoms with van der Waals surface area (Å²) in [5.74, 6) is -0.564. The molecular formula is C15H13N3O3. The molecule has 6 heteroatoms. The Morgan fingerprint density at radius 3 is 2.95 bits per heavy atom. The molecule has 2 aromatic rings. The van der Waals surface area contributed by atoms with Crippen molar-refractivity contribution in [2.45, 2.75) is 6.92 Å². The molecule has 0 saturated heterocycles.